The van der Waals surface area contributed by atoms with Crippen molar-refractivity contribution in [3.8, 4) is 0 Å². The predicted octanol–water partition coefficient (Wildman–Crippen LogP) is 2.79. The average Bonchev–Trinajstić information content (AvgIpc) is 2.90. The van der Waals surface area contributed by atoms with E-state index >= 15 is 0 Å². The first kappa shape index (κ1) is 19.3. The summed E-state index contributed by atoms with van der Waals surface area (Å²) in [6.07, 6.45) is 1.19. The van der Waals surface area contributed by atoms with Gasteiger partial charge in [0.25, 0.3) is 0 Å². The molecule has 2 rings (SSSR count). The van der Waals surface area contributed by atoms with Gasteiger partial charge in [0, 0.05) is 0 Å². The van der Waals surface area contributed by atoms with Crippen molar-refractivity contribution >= 4 is 46.8 Å². The van der Waals surface area contributed by atoms with Crippen LogP contribution in [0.1, 0.15) is 13.8 Å². The van der Waals surface area contributed by atoms with Gasteiger partial charge in [-0.2, -0.15) is 0 Å². The molecule has 0 saturated carbocycles. The molecule has 1 aliphatic rings. The molecule has 0 aromatic heterocycles. The number of anilines is 1. The van der Waals surface area contributed by atoms with Gasteiger partial charge in [-0.25, -0.2) is 9.18 Å². The summed E-state index contributed by atoms with van der Waals surface area (Å²) in [6.45, 7) is 3.40. The fraction of sp³-hybridized carbons (Fsp3) is 0.312. The number of nitrogens with one attached hydrogen (secondary N) is 1. The van der Waals surface area contributed by atoms with Crippen molar-refractivity contribution in [2.24, 2.45) is 0 Å². The predicted molar refractivity (Wildman–Crippen MR) is 93.5 cm³/mol. The number of carbonyl (C=O) groups excluding carboxylic acids is 3. The Kier molecular flexibility index (Phi) is 6.44. The van der Waals surface area contributed by atoms with Crippen LogP contribution in [-0.4, -0.2) is 41.1 Å². The Labute approximate surface area is 153 Å². The van der Waals surface area contributed by atoms with Crippen molar-refractivity contribution in [1.82, 2.24) is 4.90 Å². The van der Waals surface area contributed by atoms with E-state index in [2.05, 4.69) is 5.32 Å². The molecule has 0 radical (unpaired) electrons. The molecule has 1 aliphatic heterocycles. The summed E-state index contributed by atoms with van der Waals surface area (Å²) in [5.74, 6) is -1.80. The standard InChI is InChI=1S/C16H16ClFN2O4S/c1-3-24-15(22)7-14-20(13(21)8-25-14)9(2)16(23)19-12-5-4-10(18)6-11(12)17/h4-7,9H,3,8H2,1-2H3,(H,19,23)/b14-7-/t9-/m1/s1. The second-order valence-electron chi connectivity index (χ2n) is 5.08. The van der Waals surface area contributed by atoms with Crippen molar-refractivity contribution in [3.63, 3.8) is 0 Å². The van der Waals surface area contributed by atoms with Crippen LogP contribution in [0, 0.1) is 5.82 Å². The lowest BCUT2D eigenvalue weighted by atomic mass is 10.2. The largest absolute Gasteiger partial charge is 0.463 e. The van der Waals surface area contributed by atoms with Crippen LogP contribution in [-0.2, 0) is 19.1 Å². The maximum atomic E-state index is 13.1. The molecule has 25 heavy (non-hydrogen) atoms. The highest BCUT2D eigenvalue weighted by atomic mass is 35.5. The van der Waals surface area contributed by atoms with Gasteiger partial charge in [0.1, 0.15) is 11.9 Å². The van der Waals surface area contributed by atoms with Crippen LogP contribution in [0.2, 0.25) is 5.02 Å². The van der Waals surface area contributed by atoms with Crippen molar-refractivity contribution in [2.75, 3.05) is 17.7 Å². The normalized spacial score (nSPS) is 16.9. The Morgan fingerprint density at radius 3 is 2.88 bits per heavy atom. The van der Waals surface area contributed by atoms with Gasteiger partial charge in [-0.3, -0.25) is 14.5 Å². The molecule has 1 atom stereocenters. The van der Waals surface area contributed by atoms with E-state index in [1.807, 2.05) is 0 Å². The van der Waals surface area contributed by atoms with Gasteiger partial charge in [-0.1, -0.05) is 23.4 Å². The summed E-state index contributed by atoms with van der Waals surface area (Å²) in [6, 6.07) is 2.68. The molecule has 134 valence electrons. The van der Waals surface area contributed by atoms with Crippen molar-refractivity contribution in [2.45, 2.75) is 19.9 Å². The number of thioether (sulfide) groups is 1. The Morgan fingerprint density at radius 1 is 1.52 bits per heavy atom. The molecule has 1 N–H and O–H groups in total. The fourth-order valence-electron chi connectivity index (χ4n) is 2.15. The average molecular weight is 387 g/mol. The number of ether oxygens (including phenoxy) is 1. The lowest BCUT2D eigenvalue weighted by molar-refractivity contribution is -0.137. The SMILES string of the molecule is CCOC(=O)/C=C1\SCC(=O)N1[C@H](C)C(=O)Nc1ccc(F)cc1Cl. The third-order valence-corrected chi connectivity index (χ3v) is 4.65. The van der Waals surface area contributed by atoms with Gasteiger partial charge in [-0.15, -0.1) is 0 Å². The van der Waals surface area contributed by atoms with Crippen LogP contribution < -0.4 is 5.32 Å². The highest BCUT2D eigenvalue weighted by molar-refractivity contribution is 8.04. The maximum absolute atomic E-state index is 13.1. The summed E-state index contributed by atoms with van der Waals surface area (Å²) in [5.41, 5.74) is 0.232. The van der Waals surface area contributed by atoms with E-state index in [-0.39, 0.29) is 29.0 Å². The van der Waals surface area contributed by atoms with Crippen molar-refractivity contribution in [1.29, 1.82) is 0 Å². The van der Waals surface area contributed by atoms with Crippen LogP contribution in [0.3, 0.4) is 0 Å². The van der Waals surface area contributed by atoms with E-state index in [1.54, 1.807) is 6.92 Å². The molecular formula is C16H16ClFN2O4S. The second-order valence-corrected chi connectivity index (χ2v) is 6.48. The lowest BCUT2D eigenvalue weighted by Gasteiger charge is -2.24. The third-order valence-electron chi connectivity index (χ3n) is 3.33. The van der Waals surface area contributed by atoms with Crippen LogP contribution in [0.15, 0.2) is 29.3 Å². The Balaban J connectivity index is 2.15. The van der Waals surface area contributed by atoms with E-state index in [0.717, 1.165) is 23.9 Å². The number of halogens is 2. The minimum atomic E-state index is -0.885. The molecule has 1 heterocycles. The van der Waals surface area contributed by atoms with Crippen molar-refractivity contribution < 1.29 is 23.5 Å². The van der Waals surface area contributed by atoms with Crippen LogP contribution >= 0.6 is 23.4 Å². The van der Waals surface area contributed by atoms with E-state index in [1.165, 1.54) is 24.0 Å². The first-order valence-corrected chi connectivity index (χ1v) is 8.79. The van der Waals surface area contributed by atoms with E-state index < -0.39 is 23.7 Å². The van der Waals surface area contributed by atoms with Gasteiger partial charge < -0.3 is 10.1 Å². The molecule has 9 heteroatoms. The quantitative estimate of drug-likeness (QED) is 0.622. The summed E-state index contributed by atoms with van der Waals surface area (Å²) >= 11 is 7.04. The molecule has 1 aromatic carbocycles. The smallest absolute Gasteiger partial charge is 0.333 e. The van der Waals surface area contributed by atoms with E-state index in [9.17, 15) is 18.8 Å². The molecule has 2 amide bonds. The van der Waals surface area contributed by atoms with Gasteiger partial charge in [0.15, 0.2) is 0 Å². The van der Waals surface area contributed by atoms with Crippen molar-refractivity contribution in [3.05, 3.63) is 40.1 Å². The van der Waals surface area contributed by atoms with E-state index in [0.29, 0.717) is 5.03 Å². The molecular weight excluding hydrogens is 371 g/mol. The Morgan fingerprint density at radius 2 is 2.24 bits per heavy atom. The number of benzene rings is 1. The van der Waals surface area contributed by atoms with E-state index in [4.69, 9.17) is 16.3 Å². The van der Waals surface area contributed by atoms with Gasteiger partial charge in [0.2, 0.25) is 11.8 Å². The summed E-state index contributed by atoms with van der Waals surface area (Å²) in [4.78, 5) is 37.4. The number of nitrogens with zero attached hydrogens (tertiary/aromatic N) is 1. The minimum absolute atomic E-state index is 0.0463. The lowest BCUT2D eigenvalue weighted by Crippen LogP contribution is -2.42. The van der Waals surface area contributed by atoms with Crippen LogP contribution in [0.5, 0.6) is 0 Å². The number of hydrogen-bond acceptors (Lipinski definition) is 5. The summed E-state index contributed by atoms with van der Waals surface area (Å²) in [7, 11) is 0. The zero-order valence-electron chi connectivity index (χ0n) is 13.5. The number of rotatable bonds is 5. The minimum Gasteiger partial charge on any atom is -0.463 e. The molecule has 0 spiro atoms. The molecule has 1 aromatic rings. The van der Waals surface area contributed by atoms with Gasteiger partial charge in [-0.05, 0) is 32.0 Å². The van der Waals surface area contributed by atoms with Crippen LogP contribution in [0.4, 0.5) is 10.1 Å². The number of amides is 2. The topological polar surface area (TPSA) is 75.7 Å². The van der Waals surface area contributed by atoms with Gasteiger partial charge >= 0.3 is 5.97 Å². The van der Waals surface area contributed by atoms with Gasteiger partial charge in [0.05, 0.1) is 34.2 Å². The number of hydrogen-bond donors (Lipinski definition) is 1. The molecule has 0 bridgehead atoms. The zero-order valence-corrected chi connectivity index (χ0v) is 15.1. The molecule has 6 nitrogen and oxygen atoms in total. The molecule has 1 saturated heterocycles. The number of carbonyl (C=O) groups is 3. The zero-order chi connectivity index (χ0) is 18.6. The first-order chi connectivity index (χ1) is 11.8. The highest BCUT2D eigenvalue weighted by Crippen LogP contribution is 2.31. The molecule has 0 aliphatic carbocycles. The number of esters is 1. The summed E-state index contributed by atoms with van der Waals surface area (Å²) < 4.78 is 17.9. The monoisotopic (exact) mass is 386 g/mol. The van der Waals surface area contributed by atoms with Crippen LogP contribution in [0.25, 0.3) is 0 Å². The Bertz CT molecular complexity index is 741. The maximum Gasteiger partial charge on any atom is 0.333 e. The highest BCUT2D eigenvalue weighted by Gasteiger charge is 2.35. The second kappa shape index (κ2) is 8.35. The third kappa shape index (κ3) is 4.73. The molecule has 1 fully saturated rings. The summed E-state index contributed by atoms with van der Waals surface area (Å²) in [5, 5.41) is 2.94. The first-order valence-electron chi connectivity index (χ1n) is 7.42. The molecule has 0 unspecified atom stereocenters. The fourth-order valence-corrected chi connectivity index (χ4v) is 3.35. The Hall–Kier alpha value is -2.06.